The van der Waals surface area contributed by atoms with Crippen molar-refractivity contribution in [2.75, 3.05) is 0 Å². The Bertz CT molecular complexity index is 483. The van der Waals surface area contributed by atoms with Crippen LogP contribution in [0.25, 0.3) is 5.69 Å². The Kier molecular flexibility index (Phi) is 2.77. The van der Waals surface area contributed by atoms with Crippen LogP contribution in [-0.4, -0.2) is 9.78 Å². The third-order valence-corrected chi connectivity index (χ3v) is 2.52. The molecule has 1 heterocycles. The van der Waals surface area contributed by atoms with Gasteiger partial charge in [0.15, 0.2) is 0 Å². The lowest BCUT2D eigenvalue weighted by atomic mass is 10.1. The summed E-state index contributed by atoms with van der Waals surface area (Å²) in [6.45, 7) is 6.21. The molecule has 0 amide bonds. The van der Waals surface area contributed by atoms with Crippen molar-refractivity contribution in [2.24, 2.45) is 0 Å². The average Bonchev–Trinajstić information content (AvgIpc) is 2.61. The summed E-state index contributed by atoms with van der Waals surface area (Å²) in [5.41, 5.74) is 3.02. The summed E-state index contributed by atoms with van der Waals surface area (Å²) in [6.07, 6.45) is 0. The van der Waals surface area contributed by atoms with Gasteiger partial charge in [-0.2, -0.15) is 5.10 Å². The molecule has 0 atom stereocenters. The molecule has 0 aliphatic carbocycles. The van der Waals surface area contributed by atoms with Crippen molar-refractivity contribution in [3.05, 3.63) is 47.5 Å². The van der Waals surface area contributed by atoms with Gasteiger partial charge in [-0.3, -0.25) is 0 Å². The van der Waals surface area contributed by atoms with Crippen molar-refractivity contribution >= 4 is 0 Å². The maximum absolute atomic E-state index is 12.8. The summed E-state index contributed by atoms with van der Waals surface area (Å²) in [7, 11) is 0. The lowest BCUT2D eigenvalue weighted by molar-refractivity contribution is 0.626. The molecular weight excluding hydrogens is 203 g/mol. The highest BCUT2D eigenvalue weighted by atomic mass is 19.1. The van der Waals surface area contributed by atoms with Crippen LogP contribution in [0.2, 0.25) is 0 Å². The van der Waals surface area contributed by atoms with Crippen LogP contribution in [0, 0.1) is 12.7 Å². The largest absolute Gasteiger partial charge is 0.237 e. The van der Waals surface area contributed by atoms with Gasteiger partial charge in [0.25, 0.3) is 0 Å². The minimum Gasteiger partial charge on any atom is -0.237 e. The molecule has 2 aromatic rings. The molecule has 1 aromatic heterocycles. The molecular formula is C13H15FN2. The predicted octanol–water partition coefficient (Wildman–Crippen LogP) is 3.44. The van der Waals surface area contributed by atoms with Crippen LogP contribution < -0.4 is 0 Å². The zero-order chi connectivity index (χ0) is 11.7. The second kappa shape index (κ2) is 4.08. The van der Waals surface area contributed by atoms with E-state index in [0.717, 1.165) is 17.1 Å². The van der Waals surface area contributed by atoms with Crippen molar-refractivity contribution in [2.45, 2.75) is 26.7 Å². The van der Waals surface area contributed by atoms with Crippen molar-refractivity contribution in [1.29, 1.82) is 0 Å². The maximum atomic E-state index is 12.8. The van der Waals surface area contributed by atoms with E-state index >= 15 is 0 Å². The van der Waals surface area contributed by atoms with Gasteiger partial charge in [-0.1, -0.05) is 13.8 Å². The molecule has 0 N–H and O–H groups in total. The van der Waals surface area contributed by atoms with Crippen LogP contribution >= 0.6 is 0 Å². The highest BCUT2D eigenvalue weighted by molar-refractivity contribution is 5.34. The van der Waals surface area contributed by atoms with Crippen molar-refractivity contribution in [1.82, 2.24) is 9.78 Å². The van der Waals surface area contributed by atoms with Crippen LogP contribution in [0.15, 0.2) is 30.3 Å². The molecule has 1 aromatic carbocycles. The first-order chi connectivity index (χ1) is 7.58. The van der Waals surface area contributed by atoms with Gasteiger partial charge in [-0.15, -0.1) is 0 Å². The van der Waals surface area contributed by atoms with Crippen molar-refractivity contribution in [3.8, 4) is 5.69 Å². The standard InChI is InChI=1S/C13H15FN2/c1-9(2)13-8-10(3)15-16(13)12-6-4-11(14)5-7-12/h4-9H,1-3H3. The number of halogens is 1. The van der Waals surface area contributed by atoms with E-state index in [4.69, 9.17) is 0 Å². The van der Waals surface area contributed by atoms with Crippen LogP contribution in [0.1, 0.15) is 31.2 Å². The van der Waals surface area contributed by atoms with Crippen LogP contribution in [0.3, 0.4) is 0 Å². The van der Waals surface area contributed by atoms with E-state index in [9.17, 15) is 4.39 Å². The molecule has 0 unspecified atom stereocenters. The summed E-state index contributed by atoms with van der Waals surface area (Å²) in [5.74, 6) is 0.171. The number of hydrogen-bond donors (Lipinski definition) is 0. The lowest BCUT2D eigenvalue weighted by Crippen LogP contribution is -2.03. The molecule has 0 spiro atoms. The number of hydrogen-bond acceptors (Lipinski definition) is 1. The van der Waals surface area contributed by atoms with Crippen molar-refractivity contribution in [3.63, 3.8) is 0 Å². The number of benzene rings is 1. The van der Waals surface area contributed by atoms with E-state index in [1.54, 1.807) is 12.1 Å². The van der Waals surface area contributed by atoms with Gasteiger partial charge < -0.3 is 0 Å². The minimum absolute atomic E-state index is 0.223. The summed E-state index contributed by atoms with van der Waals surface area (Å²) in [6, 6.07) is 8.46. The van der Waals surface area contributed by atoms with Crippen molar-refractivity contribution < 1.29 is 4.39 Å². The van der Waals surface area contributed by atoms with E-state index in [0.29, 0.717) is 5.92 Å². The fraction of sp³-hybridized carbons (Fsp3) is 0.308. The molecule has 0 aliphatic heterocycles. The summed E-state index contributed by atoms with van der Waals surface area (Å²) in [4.78, 5) is 0. The third-order valence-electron chi connectivity index (χ3n) is 2.52. The minimum atomic E-state index is -0.223. The number of aryl methyl sites for hydroxylation is 1. The molecule has 16 heavy (non-hydrogen) atoms. The van der Waals surface area contributed by atoms with Crippen LogP contribution in [0.4, 0.5) is 4.39 Å². The van der Waals surface area contributed by atoms with E-state index in [1.807, 2.05) is 11.6 Å². The summed E-state index contributed by atoms with van der Waals surface area (Å²) in [5, 5.41) is 4.43. The van der Waals surface area contributed by atoms with Gasteiger partial charge in [0.1, 0.15) is 5.82 Å². The monoisotopic (exact) mass is 218 g/mol. The third kappa shape index (κ3) is 1.98. The van der Waals surface area contributed by atoms with Gasteiger partial charge in [0, 0.05) is 5.69 Å². The molecule has 84 valence electrons. The normalized spacial score (nSPS) is 11.1. The molecule has 2 rings (SSSR count). The Hall–Kier alpha value is -1.64. The molecule has 0 saturated heterocycles. The van der Waals surface area contributed by atoms with Gasteiger partial charge in [0.2, 0.25) is 0 Å². The molecule has 2 nitrogen and oxygen atoms in total. The predicted molar refractivity (Wildman–Crippen MR) is 62.3 cm³/mol. The fourth-order valence-corrected chi connectivity index (χ4v) is 1.72. The zero-order valence-corrected chi connectivity index (χ0v) is 9.74. The molecule has 0 bridgehead atoms. The highest BCUT2D eigenvalue weighted by Gasteiger charge is 2.10. The lowest BCUT2D eigenvalue weighted by Gasteiger charge is -2.09. The van der Waals surface area contributed by atoms with Crippen LogP contribution in [-0.2, 0) is 0 Å². The smallest absolute Gasteiger partial charge is 0.123 e. The van der Waals surface area contributed by atoms with E-state index in [1.165, 1.54) is 12.1 Å². The zero-order valence-electron chi connectivity index (χ0n) is 9.74. The summed E-state index contributed by atoms with van der Waals surface area (Å²) < 4.78 is 14.7. The topological polar surface area (TPSA) is 17.8 Å². The fourth-order valence-electron chi connectivity index (χ4n) is 1.72. The molecule has 3 heteroatoms. The molecule has 0 fully saturated rings. The first-order valence-corrected chi connectivity index (χ1v) is 5.40. The number of aromatic nitrogens is 2. The molecule has 0 radical (unpaired) electrons. The van der Waals surface area contributed by atoms with Crippen LogP contribution in [0.5, 0.6) is 0 Å². The van der Waals surface area contributed by atoms with Gasteiger partial charge in [0.05, 0.1) is 11.4 Å². The van der Waals surface area contributed by atoms with Gasteiger partial charge >= 0.3 is 0 Å². The SMILES string of the molecule is Cc1cc(C(C)C)n(-c2ccc(F)cc2)n1. The first kappa shape index (κ1) is 10.9. The van der Waals surface area contributed by atoms with E-state index in [-0.39, 0.29) is 5.82 Å². The Balaban J connectivity index is 2.50. The van der Waals surface area contributed by atoms with Gasteiger partial charge in [-0.05, 0) is 43.2 Å². The second-order valence-electron chi connectivity index (χ2n) is 4.25. The second-order valence-corrected chi connectivity index (χ2v) is 4.25. The molecule has 0 saturated carbocycles. The van der Waals surface area contributed by atoms with E-state index in [2.05, 4.69) is 25.0 Å². The Labute approximate surface area is 94.7 Å². The summed E-state index contributed by atoms with van der Waals surface area (Å²) >= 11 is 0. The van der Waals surface area contributed by atoms with Gasteiger partial charge in [-0.25, -0.2) is 9.07 Å². The Morgan fingerprint density at radius 3 is 2.38 bits per heavy atom. The first-order valence-electron chi connectivity index (χ1n) is 5.40. The quantitative estimate of drug-likeness (QED) is 0.755. The van der Waals surface area contributed by atoms with E-state index < -0.39 is 0 Å². The highest BCUT2D eigenvalue weighted by Crippen LogP contribution is 2.20. The average molecular weight is 218 g/mol. The number of rotatable bonds is 2. The Morgan fingerprint density at radius 1 is 1.19 bits per heavy atom. The molecule has 0 aliphatic rings. The maximum Gasteiger partial charge on any atom is 0.123 e. The Morgan fingerprint density at radius 2 is 1.81 bits per heavy atom. The number of nitrogens with zero attached hydrogens (tertiary/aromatic N) is 2.